The molecular weight excluding hydrogens is 278 g/mol. The van der Waals surface area contributed by atoms with Crippen LogP contribution in [0.25, 0.3) is 0 Å². The SMILES string of the molecule is Cc1ccccc1C[NH+](Cc1ccccc1C)c1ccccc1. The van der Waals surface area contributed by atoms with Gasteiger partial charge in [0.25, 0.3) is 0 Å². The Bertz CT molecular complexity index is 714. The first-order valence-corrected chi connectivity index (χ1v) is 8.23. The largest absolute Gasteiger partial charge is 0.295 e. The molecule has 0 saturated heterocycles. The van der Waals surface area contributed by atoms with E-state index in [4.69, 9.17) is 0 Å². The highest BCUT2D eigenvalue weighted by Gasteiger charge is 2.15. The minimum absolute atomic E-state index is 1.00. The van der Waals surface area contributed by atoms with E-state index in [2.05, 4.69) is 92.7 Å². The van der Waals surface area contributed by atoms with Crippen LogP contribution in [0.5, 0.6) is 0 Å². The first-order valence-electron chi connectivity index (χ1n) is 8.23. The lowest BCUT2D eigenvalue weighted by Gasteiger charge is -2.21. The van der Waals surface area contributed by atoms with Gasteiger partial charge >= 0.3 is 0 Å². The van der Waals surface area contributed by atoms with Gasteiger partial charge in [0.2, 0.25) is 0 Å². The van der Waals surface area contributed by atoms with Crippen molar-refractivity contribution in [3.8, 4) is 0 Å². The molecule has 0 aromatic heterocycles. The van der Waals surface area contributed by atoms with Crippen LogP contribution in [0.2, 0.25) is 0 Å². The summed E-state index contributed by atoms with van der Waals surface area (Å²) in [6, 6.07) is 28.2. The molecule has 1 N–H and O–H groups in total. The highest BCUT2D eigenvalue weighted by molar-refractivity contribution is 5.31. The zero-order valence-corrected chi connectivity index (χ0v) is 13.9. The monoisotopic (exact) mass is 302 g/mol. The molecule has 0 aliphatic carbocycles. The van der Waals surface area contributed by atoms with Gasteiger partial charge in [-0.1, -0.05) is 66.7 Å². The summed E-state index contributed by atoms with van der Waals surface area (Å²) in [5.41, 5.74) is 6.91. The van der Waals surface area contributed by atoms with Gasteiger partial charge in [-0.3, -0.25) is 4.90 Å². The smallest absolute Gasteiger partial charge is 0.131 e. The lowest BCUT2D eigenvalue weighted by atomic mass is 10.1. The number of hydrogen-bond donors (Lipinski definition) is 1. The quantitative estimate of drug-likeness (QED) is 0.720. The van der Waals surface area contributed by atoms with E-state index in [-0.39, 0.29) is 0 Å². The second-order valence-corrected chi connectivity index (χ2v) is 6.18. The summed E-state index contributed by atoms with van der Waals surface area (Å²) in [6.45, 7) is 6.41. The topological polar surface area (TPSA) is 4.44 Å². The van der Waals surface area contributed by atoms with Crippen LogP contribution < -0.4 is 4.90 Å². The molecule has 1 nitrogen and oxygen atoms in total. The average molecular weight is 302 g/mol. The molecule has 0 aliphatic rings. The van der Waals surface area contributed by atoms with Crippen molar-refractivity contribution < 1.29 is 4.90 Å². The van der Waals surface area contributed by atoms with Gasteiger partial charge in [0.05, 0.1) is 0 Å². The van der Waals surface area contributed by atoms with Crippen LogP contribution in [0.15, 0.2) is 78.9 Å². The molecule has 3 rings (SSSR count). The van der Waals surface area contributed by atoms with Crippen molar-refractivity contribution in [2.75, 3.05) is 0 Å². The van der Waals surface area contributed by atoms with E-state index < -0.39 is 0 Å². The lowest BCUT2D eigenvalue weighted by molar-refractivity contribution is -0.862. The molecular formula is C22H24N+. The number of aryl methyl sites for hydroxylation is 2. The van der Waals surface area contributed by atoms with E-state index in [1.165, 1.54) is 32.8 Å². The number of benzene rings is 3. The van der Waals surface area contributed by atoms with Crippen molar-refractivity contribution in [3.05, 3.63) is 101 Å². The maximum atomic E-state index is 2.25. The Morgan fingerprint density at radius 2 is 1.00 bits per heavy atom. The van der Waals surface area contributed by atoms with Crippen LogP contribution in [0.3, 0.4) is 0 Å². The van der Waals surface area contributed by atoms with Crippen LogP contribution in [-0.4, -0.2) is 0 Å². The third kappa shape index (κ3) is 3.88. The highest BCUT2D eigenvalue weighted by Crippen LogP contribution is 2.10. The molecule has 1 heteroatoms. The second kappa shape index (κ2) is 7.26. The average Bonchev–Trinajstić information content (AvgIpc) is 2.59. The van der Waals surface area contributed by atoms with Gasteiger partial charge in [-0.25, -0.2) is 0 Å². The van der Waals surface area contributed by atoms with E-state index in [0.717, 1.165) is 13.1 Å². The van der Waals surface area contributed by atoms with Crippen LogP contribution >= 0.6 is 0 Å². The number of para-hydroxylation sites is 1. The Balaban J connectivity index is 1.91. The summed E-state index contributed by atoms with van der Waals surface area (Å²) in [5, 5.41) is 0. The van der Waals surface area contributed by atoms with E-state index in [0.29, 0.717) is 0 Å². The predicted molar refractivity (Wildman–Crippen MR) is 96.8 cm³/mol. The lowest BCUT2D eigenvalue weighted by Crippen LogP contribution is -3.04. The summed E-state index contributed by atoms with van der Waals surface area (Å²) in [7, 11) is 0. The van der Waals surface area contributed by atoms with Crippen molar-refractivity contribution in [1.29, 1.82) is 0 Å². The van der Waals surface area contributed by atoms with E-state index >= 15 is 0 Å². The highest BCUT2D eigenvalue weighted by atomic mass is 15.1. The molecule has 0 spiro atoms. The van der Waals surface area contributed by atoms with Gasteiger partial charge in [-0.15, -0.1) is 0 Å². The molecule has 0 radical (unpaired) electrons. The van der Waals surface area contributed by atoms with Gasteiger partial charge in [-0.2, -0.15) is 0 Å². The summed E-state index contributed by atoms with van der Waals surface area (Å²) >= 11 is 0. The molecule has 116 valence electrons. The summed E-state index contributed by atoms with van der Waals surface area (Å²) < 4.78 is 0. The molecule has 0 aliphatic heterocycles. The fourth-order valence-electron chi connectivity index (χ4n) is 3.02. The first kappa shape index (κ1) is 15.5. The van der Waals surface area contributed by atoms with E-state index in [9.17, 15) is 0 Å². The Morgan fingerprint density at radius 3 is 1.48 bits per heavy atom. The van der Waals surface area contributed by atoms with E-state index in [1.807, 2.05) is 0 Å². The van der Waals surface area contributed by atoms with Crippen molar-refractivity contribution in [1.82, 2.24) is 0 Å². The molecule has 0 heterocycles. The maximum absolute atomic E-state index is 2.25. The van der Waals surface area contributed by atoms with Crippen LogP contribution in [-0.2, 0) is 13.1 Å². The second-order valence-electron chi connectivity index (χ2n) is 6.18. The van der Waals surface area contributed by atoms with Gasteiger partial charge in [-0.05, 0) is 37.1 Å². The molecule has 0 amide bonds. The normalized spacial score (nSPS) is 10.9. The number of quaternary nitrogens is 1. The Kier molecular flexibility index (Phi) is 4.89. The molecule has 0 bridgehead atoms. The van der Waals surface area contributed by atoms with Crippen molar-refractivity contribution in [3.63, 3.8) is 0 Å². The minimum Gasteiger partial charge on any atom is -0.295 e. The van der Waals surface area contributed by atoms with E-state index in [1.54, 1.807) is 0 Å². The molecule has 0 unspecified atom stereocenters. The van der Waals surface area contributed by atoms with Gasteiger partial charge in [0.15, 0.2) is 0 Å². The molecule has 0 saturated carbocycles. The van der Waals surface area contributed by atoms with Crippen molar-refractivity contribution >= 4 is 5.69 Å². The zero-order valence-electron chi connectivity index (χ0n) is 13.9. The maximum Gasteiger partial charge on any atom is 0.131 e. The third-order valence-corrected chi connectivity index (χ3v) is 4.51. The molecule has 23 heavy (non-hydrogen) atoms. The fraction of sp³-hybridized carbons (Fsp3) is 0.182. The van der Waals surface area contributed by atoms with Gasteiger partial charge in [0.1, 0.15) is 18.8 Å². The zero-order chi connectivity index (χ0) is 16.1. The van der Waals surface area contributed by atoms with Crippen LogP contribution in [0.1, 0.15) is 22.3 Å². The molecule has 3 aromatic carbocycles. The van der Waals surface area contributed by atoms with Gasteiger partial charge in [0, 0.05) is 11.1 Å². The Labute approximate surface area is 139 Å². The van der Waals surface area contributed by atoms with Crippen molar-refractivity contribution in [2.24, 2.45) is 0 Å². The molecule has 3 aromatic rings. The number of hydrogen-bond acceptors (Lipinski definition) is 0. The Morgan fingerprint density at radius 1 is 0.565 bits per heavy atom. The third-order valence-electron chi connectivity index (χ3n) is 4.51. The number of rotatable bonds is 5. The standard InChI is InChI=1S/C22H23N/c1-18-10-6-8-12-20(18)16-23(22-14-4-3-5-15-22)17-21-13-9-7-11-19(21)2/h3-15H,16-17H2,1-2H3/p+1. The van der Waals surface area contributed by atoms with Gasteiger partial charge < -0.3 is 0 Å². The number of nitrogens with one attached hydrogen (secondary N) is 1. The minimum atomic E-state index is 1.00. The molecule has 0 fully saturated rings. The summed E-state index contributed by atoms with van der Waals surface area (Å²) in [6.07, 6.45) is 0. The summed E-state index contributed by atoms with van der Waals surface area (Å²) in [4.78, 5) is 1.48. The predicted octanol–water partition coefficient (Wildman–Crippen LogP) is 4.22. The fourth-order valence-corrected chi connectivity index (χ4v) is 3.02. The first-order chi connectivity index (χ1) is 11.2. The summed E-state index contributed by atoms with van der Waals surface area (Å²) in [5.74, 6) is 0. The van der Waals surface area contributed by atoms with Crippen molar-refractivity contribution in [2.45, 2.75) is 26.9 Å². The van der Waals surface area contributed by atoms with Crippen LogP contribution in [0, 0.1) is 13.8 Å². The van der Waals surface area contributed by atoms with Crippen LogP contribution in [0.4, 0.5) is 5.69 Å². The Hall–Kier alpha value is -2.38. The molecule has 0 atom stereocenters.